The first-order valence-electron chi connectivity index (χ1n) is 7.89. The zero-order chi connectivity index (χ0) is 21.6. The second kappa shape index (κ2) is 7.87. The molecule has 0 fully saturated rings. The molecule has 3 aromatic carbocycles. The number of phenols is 2. The molecule has 0 radical (unpaired) electrons. The lowest BCUT2D eigenvalue weighted by Gasteiger charge is -2.34. The van der Waals surface area contributed by atoms with Crippen molar-refractivity contribution in [2.45, 2.75) is 4.75 Å². The molecule has 1 unspecified atom stereocenters. The molecule has 0 saturated carbocycles. The smallest absolute Gasteiger partial charge is 0.283 e. The van der Waals surface area contributed by atoms with E-state index in [1.165, 1.54) is 48.5 Å². The summed E-state index contributed by atoms with van der Waals surface area (Å²) >= 11 is 24.5. The van der Waals surface area contributed by atoms with Gasteiger partial charge in [-0.1, -0.05) is 70.7 Å². The second-order valence-electron chi connectivity index (χ2n) is 6.09. The van der Waals surface area contributed by atoms with E-state index in [0.717, 1.165) is 6.07 Å². The van der Waals surface area contributed by atoms with E-state index in [0.29, 0.717) is 0 Å². The van der Waals surface area contributed by atoms with Crippen molar-refractivity contribution in [3.05, 3.63) is 91.4 Å². The Morgan fingerprint density at radius 3 is 2.03 bits per heavy atom. The predicted octanol–water partition coefficient (Wildman–Crippen LogP) is 5.89. The van der Waals surface area contributed by atoms with E-state index in [1.807, 2.05) is 0 Å². The topological polar surface area (TPSA) is 94.8 Å². The van der Waals surface area contributed by atoms with Gasteiger partial charge in [0.15, 0.2) is 4.75 Å². The molecule has 10 heteroatoms. The first-order valence-corrected chi connectivity index (χ1v) is 10.8. The number of halogens is 4. The van der Waals surface area contributed by atoms with Gasteiger partial charge in [-0.05, 0) is 35.9 Å². The highest BCUT2D eigenvalue weighted by Crippen LogP contribution is 2.53. The third kappa shape index (κ3) is 3.65. The van der Waals surface area contributed by atoms with E-state index in [2.05, 4.69) is 0 Å². The van der Waals surface area contributed by atoms with Gasteiger partial charge in [0, 0.05) is 21.2 Å². The standard InChI is InChI=1S/C19H12Cl4O5S/c20-11-4-1-3-10(7-11)19(29(26,27)28,13-5-2-6-15(24)18(13)23)17-14(22)8-12(21)9-16(17)25/h1-9,24-25H,(H,26,27,28). The van der Waals surface area contributed by atoms with E-state index in [4.69, 9.17) is 46.4 Å². The van der Waals surface area contributed by atoms with Crippen LogP contribution in [-0.2, 0) is 14.9 Å². The molecule has 3 aromatic rings. The lowest BCUT2D eigenvalue weighted by Crippen LogP contribution is -2.39. The number of rotatable bonds is 4. The van der Waals surface area contributed by atoms with Crippen LogP contribution in [-0.4, -0.2) is 23.2 Å². The molecular formula is C19H12Cl4O5S. The fourth-order valence-corrected chi connectivity index (χ4v) is 5.80. The third-order valence-corrected chi connectivity index (χ3v) is 6.94. The molecule has 3 N–H and O–H groups in total. The summed E-state index contributed by atoms with van der Waals surface area (Å²) in [4.78, 5) is 0. The highest BCUT2D eigenvalue weighted by atomic mass is 35.5. The second-order valence-corrected chi connectivity index (χ2v) is 9.31. The lowest BCUT2D eigenvalue weighted by molar-refractivity contribution is 0.439. The van der Waals surface area contributed by atoms with Crippen LogP contribution in [0.25, 0.3) is 0 Å². The van der Waals surface area contributed by atoms with Crippen LogP contribution in [0.2, 0.25) is 20.1 Å². The Morgan fingerprint density at radius 2 is 1.45 bits per heavy atom. The van der Waals surface area contributed by atoms with Crippen molar-refractivity contribution in [1.29, 1.82) is 0 Å². The fourth-order valence-electron chi connectivity index (χ4n) is 3.26. The molecule has 3 rings (SSSR count). The van der Waals surface area contributed by atoms with Crippen molar-refractivity contribution in [3.8, 4) is 11.5 Å². The lowest BCUT2D eigenvalue weighted by atomic mass is 9.83. The van der Waals surface area contributed by atoms with Crippen LogP contribution >= 0.6 is 46.4 Å². The van der Waals surface area contributed by atoms with E-state index >= 15 is 0 Å². The zero-order valence-corrected chi connectivity index (χ0v) is 18.1. The van der Waals surface area contributed by atoms with Crippen LogP contribution in [0.1, 0.15) is 16.7 Å². The molecule has 0 aliphatic carbocycles. The molecular weight excluding hydrogens is 482 g/mol. The summed E-state index contributed by atoms with van der Waals surface area (Å²) in [5.74, 6) is -1.05. The highest BCUT2D eigenvalue weighted by Gasteiger charge is 2.52. The Bertz CT molecular complexity index is 1190. The summed E-state index contributed by atoms with van der Waals surface area (Å²) in [6.45, 7) is 0. The van der Waals surface area contributed by atoms with Gasteiger partial charge in [-0.25, -0.2) is 0 Å². The van der Waals surface area contributed by atoms with Crippen LogP contribution in [0, 0.1) is 0 Å². The Kier molecular flexibility index (Phi) is 5.98. The minimum Gasteiger partial charge on any atom is -0.507 e. The molecule has 0 aromatic heterocycles. The molecule has 0 bridgehead atoms. The summed E-state index contributed by atoms with van der Waals surface area (Å²) in [6.07, 6.45) is 0. The molecule has 5 nitrogen and oxygen atoms in total. The Balaban J connectivity index is 2.66. The SMILES string of the molecule is O=S(=O)(O)C(c1cccc(Cl)c1)(c1cccc(O)c1Cl)c1c(O)cc(Cl)cc1Cl. The molecule has 0 aliphatic heterocycles. The van der Waals surface area contributed by atoms with E-state index in [-0.39, 0.29) is 31.2 Å². The molecule has 1 atom stereocenters. The summed E-state index contributed by atoms with van der Waals surface area (Å²) in [5.41, 5.74) is -0.719. The minimum atomic E-state index is -5.14. The van der Waals surface area contributed by atoms with Crippen molar-refractivity contribution in [3.63, 3.8) is 0 Å². The van der Waals surface area contributed by atoms with E-state index < -0.39 is 31.9 Å². The third-order valence-electron chi connectivity index (χ3n) is 4.36. The summed E-state index contributed by atoms with van der Waals surface area (Å²) in [7, 11) is -5.14. The van der Waals surface area contributed by atoms with Gasteiger partial charge in [0.25, 0.3) is 10.1 Å². The number of hydrogen-bond acceptors (Lipinski definition) is 4. The molecule has 0 heterocycles. The largest absolute Gasteiger partial charge is 0.507 e. The predicted molar refractivity (Wildman–Crippen MR) is 114 cm³/mol. The molecule has 0 amide bonds. The average molecular weight is 494 g/mol. The molecule has 0 saturated heterocycles. The van der Waals surface area contributed by atoms with Crippen LogP contribution < -0.4 is 0 Å². The van der Waals surface area contributed by atoms with E-state index in [1.54, 1.807) is 0 Å². The number of phenolic OH excluding ortho intramolecular Hbond substituents is 2. The number of hydrogen-bond donors (Lipinski definition) is 3. The fraction of sp³-hybridized carbons (Fsp3) is 0.0526. The highest BCUT2D eigenvalue weighted by molar-refractivity contribution is 7.87. The maximum atomic E-state index is 13.0. The van der Waals surface area contributed by atoms with Gasteiger partial charge in [0.05, 0.1) is 10.0 Å². The minimum absolute atomic E-state index is 0.0357. The number of aromatic hydroxyl groups is 2. The van der Waals surface area contributed by atoms with Crippen molar-refractivity contribution >= 4 is 56.5 Å². The van der Waals surface area contributed by atoms with Crippen molar-refractivity contribution < 1.29 is 23.2 Å². The van der Waals surface area contributed by atoms with Gasteiger partial charge in [-0.3, -0.25) is 4.55 Å². The van der Waals surface area contributed by atoms with Crippen LogP contribution in [0.4, 0.5) is 0 Å². The van der Waals surface area contributed by atoms with Gasteiger partial charge in [0.1, 0.15) is 11.5 Å². The normalized spacial score (nSPS) is 13.8. The number of benzene rings is 3. The van der Waals surface area contributed by atoms with Crippen LogP contribution in [0.15, 0.2) is 54.6 Å². The van der Waals surface area contributed by atoms with Crippen molar-refractivity contribution in [2.24, 2.45) is 0 Å². The first kappa shape index (κ1) is 22.0. The zero-order valence-electron chi connectivity index (χ0n) is 14.3. The molecule has 29 heavy (non-hydrogen) atoms. The van der Waals surface area contributed by atoms with Gasteiger partial charge in [-0.15, -0.1) is 0 Å². The van der Waals surface area contributed by atoms with E-state index in [9.17, 15) is 23.2 Å². The monoisotopic (exact) mass is 492 g/mol. The van der Waals surface area contributed by atoms with Gasteiger partial charge < -0.3 is 10.2 Å². The average Bonchev–Trinajstić information content (AvgIpc) is 2.59. The quantitative estimate of drug-likeness (QED) is 0.311. The maximum absolute atomic E-state index is 13.0. The maximum Gasteiger partial charge on any atom is 0.283 e. The van der Waals surface area contributed by atoms with Crippen molar-refractivity contribution in [1.82, 2.24) is 0 Å². The molecule has 0 spiro atoms. The van der Waals surface area contributed by atoms with Gasteiger partial charge >= 0.3 is 0 Å². The Morgan fingerprint density at radius 1 is 0.793 bits per heavy atom. The van der Waals surface area contributed by atoms with Gasteiger partial charge in [-0.2, -0.15) is 8.42 Å². The summed E-state index contributed by atoms with van der Waals surface area (Å²) < 4.78 is 33.9. The molecule has 152 valence electrons. The summed E-state index contributed by atoms with van der Waals surface area (Å²) in [5, 5.41) is 20.3. The summed E-state index contributed by atoms with van der Waals surface area (Å²) in [6, 6.07) is 11.7. The van der Waals surface area contributed by atoms with Crippen LogP contribution in [0.3, 0.4) is 0 Å². The van der Waals surface area contributed by atoms with Gasteiger partial charge in [0.2, 0.25) is 0 Å². The molecule has 0 aliphatic rings. The van der Waals surface area contributed by atoms with Crippen molar-refractivity contribution in [2.75, 3.05) is 0 Å². The first-order chi connectivity index (χ1) is 13.5. The van der Waals surface area contributed by atoms with Crippen LogP contribution in [0.5, 0.6) is 11.5 Å². The Labute approximate surface area is 186 Å². The Hall–Kier alpha value is -1.67.